The van der Waals surface area contributed by atoms with E-state index in [4.69, 9.17) is 19.5 Å². The minimum atomic E-state index is -0.281. The van der Waals surface area contributed by atoms with E-state index in [9.17, 15) is 0 Å². The van der Waals surface area contributed by atoms with Gasteiger partial charge < -0.3 is 14.2 Å². The fourth-order valence-electron chi connectivity index (χ4n) is 2.96. The van der Waals surface area contributed by atoms with Crippen molar-refractivity contribution < 1.29 is 14.2 Å². The standard InChI is InChI=1S/C16H27NO3/c1-15(2,13-17)7-3-4-10-18-14-5-8-16(9-6-14)19-11-12-20-16/h14H,3-12H2,1-2H3. The van der Waals surface area contributed by atoms with E-state index in [1.54, 1.807) is 0 Å². The van der Waals surface area contributed by atoms with Crippen molar-refractivity contribution >= 4 is 0 Å². The monoisotopic (exact) mass is 281 g/mol. The van der Waals surface area contributed by atoms with Crippen LogP contribution in [-0.2, 0) is 14.2 Å². The third kappa shape index (κ3) is 4.44. The summed E-state index contributed by atoms with van der Waals surface area (Å²) in [5.74, 6) is -0.281. The van der Waals surface area contributed by atoms with Crippen molar-refractivity contribution in [3.8, 4) is 6.07 Å². The highest BCUT2D eigenvalue weighted by Crippen LogP contribution is 2.36. The molecule has 1 spiro atoms. The number of rotatable bonds is 6. The van der Waals surface area contributed by atoms with Gasteiger partial charge in [-0.1, -0.05) is 0 Å². The van der Waals surface area contributed by atoms with Crippen molar-refractivity contribution in [1.29, 1.82) is 5.26 Å². The largest absolute Gasteiger partial charge is 0.378 e. The van der Waals surface area contributed by atoms with Gasteiger partial charge in [0, 0.05) is 19.4 Å². The molecule has 4 heteroatoms. The number of nitriles is 1. The lowest BCUT2D eigenvalue weighted by molar-refractivity contribution is -0.191. The van der Waals surface area contributed by atoms with Gasteiger partial charge in [-0.25, -0.2) is 0 Å². The van der Waals surface area contributed by atoms with E-state index in [1.165, 1.54) is 0 Å². The molecule has 0 aromatic rings. The van der Waals surface area contributed by atoms with Crippen LogP contribution in [0, 0.1) is 16.7 Å². The van der Waals surface area contributed by atoms with E-state index in [1.807, 2.05) is 13.8 Å². The summed E-state index contributed by atoms with van der Waals surface area (Å²) in [6.45, 7) is 6.27. The molecule has 0 aromatic heterocycles. The normalized spacial score (nSPS) is 23.1. The van der Waals surface area contributed by atoms with Gasteiger partial charge in [0.2, 0.25) is 0 Å². The van der Waals surface area contributed by atoms with Gasteiger partial charge in [-0.05, 0) is 46.0 Å². The van der Waals surface area contributed by atoms with Crippen LogP contribution in [0.2, 0.25) is 0 Å². The van der Waals surface area contributed by atoms with Gasteiger partial charge in [0.1, 0.15) is 0 Å². The van der Waals surface area contributed by atoms with E-state index in [0.717, 1.165) is 64.8 Å². The van der Waals surface area contributed by atoms with Crippen molar-refractivity contribution in [2.24, 2.45) is 5.41 Å². The van der Waals surface area contributed by atoms with Crippen LogP contribution in [0.3, 0.4) is 0 Å². The number of nitrogens with zero attached hydrogens (tertiary/aromatic N) is 1. The zero-order chi connectivity index (χ0) is 14.5. The topological polar surface area (TPSA) is 51.5 Å². The minimum absolute atomic E-state index is 0.200. The molecule has 0 N–H and O–H groups in total. The van der Waals surface area contributed by atoms with Crippen LogP contribution in [0.4, 0.5) is 0 Å². The fourth-order valence-corrected chi connectivity index (χ4v) is 2.96. The Morgan fingerprint density at radius 1 is 1.20 bits per heavy atom. The van der Waals surface area contributed by atoms with Gasteiger partial charge in [-0.3, -0.25) is 0 Å². The zero-order valence-electron chi connectivity index (χ0n) is 12.8. The molecule has 1 aliphatic carbocycles. The maximum absolute atomic E-state index is 8.95. The third-order valence-electron chi connectivity index (χ3n) is 4.36. The second-order valence-corrected chi connectivity index (χ2v) is 6.63. The molecule has 2 aliphatic rings. The molecule has 0 unspecified atom stereocenters. The maximum atomic E-state index is 8.95. The number of ether oxygens (including phenoxy) is 3. The number of hydrogen-bond acceptors (Lipinski definition) is 4. The highest BCUT2D eigenvalue weighted by atomic mass is 16.7. The molecule has 0 bridgehead atoms. The first-order valence-electron chi connectivity index (χ1n) is 7.86. The van der Waals surface area contributed by atoms with Gasteiger partial charge in [-0.2, -0.15) is 5.26 Å². The lowest BCUT2D eigenvalue weighted by Gasteiger charge is -2.35. The fraction of sp³-hybridized carbons (Fsp3) is 0.938. The second-order valence-electron chi connectivity index (χ2n) is 6.63. The molecule has 0 radical (unpaired) electrons. The second kappa shape index (κ2) is 6.89. The molecular formula is C16H27NO3. The third-order valence-corrected chi connectivity index (χ3v) is 4.36. The molecule has 2 fully saturated rings. The van der Waals surface area contributed by atoms with Crippen molar-refractivity contribution in [2.45, 2.75) is 70.7 Å². The van der Waals surface area contributed by atoms with Crippen LogP contribution in [0.25, 0.3) is 0 Å². The average Bonchev–Trinajstić information content (AvgIpc) is 2.89. The highest BCUT2D eigenvalue weighted by molar-refractivity contribution is 4.91. The average molecular weight is 281 g/mol. The first kappa shape index (κ1) is 15.8. The quantitative estimate of drug-likeness (QED) is 0.700. The number of hydrogen-bond donors (Lipinski definition) is 0. The molecule has 2 rings (SSSR count). The van der Waals surface area contributed by atoms with Crippen molar-refractivity contribution in [3.63, 3.8) is 0 Å². The van der Waals surface area contributed by atoms with Crippen LogP contribution in [0.15, 0.2) is 0 Å². The predicted molar refractivity (Wildman–Crippen MR) is 76.1 cm³/mol. The van der Waals surface area contributed by atoms with Gasteiger partial charge in [0.25, 0.3) is 0 Å². The molecule has 0 atom stereocenters. The lowest BCUT2D eigenvalue weighted by Crippen LogP contribution is -2.37. The zero-order valence-corrected chi connectivity index (χ0v) is 12.8. The number of unbranched alkanes of at least 4 members (excludes halogenated alkanes) is 1. The first-order chi connectivity index (χ1) is 9.55. The highest BCUT2D eigenvalue weighted by Gasteiger charge is 2.40. The maximum Gasteiger partial charge on any atom is 0.168 e. The van der Waals surface area contributed by atoms with Crippen LogP contribution in [-0.4, -0.2) is 31.7 Å². The molecule has 20 heavy (non-hydrogen) atoms. The van der Waals surface area contributed by atoms with Gasteiger partial charge in [0.15, 0.2) is 5.79 Å². The van der Waals surface area contributed by atoms with E-state index < -0.39 is 0 Å². The summed E-state index contributed by atoms with van der Waals surface area (Å²) < 4.78 is 17.4. The van der Waals surface area contributed by atoms with Gasteiger partial charge >= 0.3 is 0 Å². The summed E-state index contributed by atoms with van der Waals surface area (Å²) in [5, 5.41) is 8.95. The lowest BCUT2D eigenvalue weighted by atomic mass is 9.89. The Kier molecular flexibility index (Phi) is 5.42. The van der Waals surface area contributed by atoms with Crippen molar-refractivity contribution in [1.82, 2.24) is 0 Å². The van der Waals surface area contributed by atoms with Gasteiger partial charge in [-0.15, -0.1) is 0 Å². The molecule has 0 aromatic carbocycles. The molecule has 114 valence electrons. The summed E-state index contributed by atoms with van der Waals surface area (Å²) >= 11 is 0. The Balaban J connectivity index is 1.54. The van der Waals surface area contributed by atoms with Crippen LogP contribution >= 0.6 is 0 Å². The summed E-state index contributed by atoms with van der Waals surface area (Å²) in [6.07, 6.45) is 7.38. The van der Waals surface area contributed by atoms with Crippen molar-refractivity contribution in [3.05, 3.63) is 0 Å². The smallest absolute Gasteiger partial charge is 0.168 e. The molecule has 1 saturated heterocycles. The molecule has 0 amide bonds. The molecule has 4 nitrogen and oxygen atoms in total. The van der Waals surface area contributed by atoms with E-state index in [0.29, 0.717) is 6.10 Å². The molecule has 1 saturated carbocycles. The minimum Gasteiger partial charge on any atom is -0.378 e. The molecular weight excluding hydrogens is 254 g/mol. The van der Waals surface area contributed by atoms with Gasteiger partial charge in [0.05, 0.1) is 30.8 Å². The Bertz CT molecular complexity index is 332. The molecule has 1 aliphatic heterocycles. The summed E-state index contributed by atoms with van der Waals surface area (Å²) in [4.78, 5) is 0. The first-order valence-corrected chi connectivity index (χ1v) is 7.86. The SMILES string of the molecule is CC(C)(C#N)CCCCOC1CCC2(CC1)OCCO2. The van der Waals surface area contributed by atoms with E-state index in [2.05, 4.69) is 6.07 Å². The Morgan fingerprint density at radius 3 is 2.45 bits per heavy atom. The Labute approximate surface area is 122 Å². The summed E-state index contributed by atoms with van der Waals surface area (Å²) in [7, 11) is 0. The van der Waals surface area contributed by atoms with Crippen LogP contribution in [0.5, 0.6) is 0 Å². The van der Waals surface area contributed by atoms with Crippen molar-refractivity contribution in [2.75, 3.05) is 19.8 Å². The Hall–Kier alpha value is -0.630. The van der Waals surface area contributed by atoms with Crippen LogP contribution < -0.4 is 0 Å². The summed E-state index contributed by atoms with van der Waals surface area (Å²) in [6, 6.07) is 2.34. The van der Waals surface area contributed by atoms with E-state index >= 15 is 0 Å². The van der Waals surface area contributed by atoms with Crippen LogP contribution in [0.1, 0.15) is 58.8 Å². The molecule has 1 heterocycles. The summed E-state index contributed by atoms with van der Waals surface area (Å²) in [5.41, 5.74) is -0.200. The Morgan fingerprint density at radius 2 is 1.85 bits per heavy atom. The predicted octanol–water partition coefficient (Wildman–Crippen LogP) is 3.41. The van der Waals surface area contributed by atoms with E-state index in [-0.39, 0.29) is 11.2 Å².